The molecule has 2 rings (SSSR count). The molecule has 0 saturated carbocycles. The van der Waals surface area contributed by atoms with Gasteiger partial charge in [-0.1, -0.05) is 12.1 Å². The second kappa shape index (κ2) is 4.81. The number of carbonyl (C=O) groups is 3. The van der Waals surface area contributed by atoms with Crippen LogP contribution in [0.5, 0.6) is 0 Å². The van der Waals surface area contributed by atoms with Crippen LogP contribution in [0.1, 0.15) is 20.7 Å². The highest BCUT2D eigenvalue weighted by Gasteiger charge is 2.42. The van der Waals surface area contributed by atoms with Crippen LogP contribution in [0, 0.1) is 0 Å². The standard InChI is InChI=1S/C12H11NO4S/c1-17-12(16)9(6-18)13-10(14)7-4-2-3-5-8(7)11(13)15/h2-5,9,18H,6H2,1H3/t9-/m0/s1. The molecule has 0 aromatic heterocycles. The molecule has 0 unspecified atom stereocenters. The quantitative estimate of drug-likeness (QED) is 0.498. The van der Waals surface area contributed by atoms with Gasteiger partial charge in [-0.3, -0.25) is 14.5 Å². The second-order valence-electron chi connectivity index (χ2n) is 3.75. The number of hydrogen-bond acceptors (Lipinski definition) is 5. The lowest BCUT2D eigenvalue weighted by Crippen LogP contribution is -2.46. The highest BCUT2D eigenvalue weighted by Crippen LogP contribution is 2.25. The lowest BCUT2D eigenvalue weighted by molar-refractivity contribution is -0.144. The van der Waals surface area contributed by atoms with Gasteiger partial charge >= 0.3 is 5.97 Å². The summed E-state index contributed by atoms with van der Waals surface area (Å²) in [7, 11) is 1.21. The number of thiol groups is 1. The molecule has 94 valence electrons. The van der Waals surface area contributed by atoms with Gasteiger partial charge in [0.25, 0.3) is 11.8 Å². The summed E-state index contributed by atoms with van der Waals surface area (Å²) in [6, 6.07) is 5.46. The first kappa shape index (κ1) is 12.6. The summed E-state index contributed by atoms with van der Waals surface area (Å²) in [5, 5.41) is 0. The molecule has 0 spiro atoms. The molecule has 1 aliphatic rings. The average molecular weight is 265 g/mol. The highest BCUT2D eigenvalue weighted by molar-refractivity contribution is 7.80. The van der Waals surface area contributed by atoms with Crippen molar-refractivity contribution in [2.24, 2.45) is 0 Å². The zero-order valence-corrected chi connectivity index (χ0v) is 10.5. The molecule has 1 atom stereocenters. The zero-order chi connectivity index (χ0) is 13.3. The molecule has 0 saturated heterocycles. The lowest BCUT2D eigenvalue weighted by atomic mass is 10.1. The summed E-state index contributed by atoms with van der Waals surface area (Å²) in [5.41, 5.74) is 0.608. The van der Waals surface area contributed by atoms with E-state index in [9.17, 15) is 14.4 Å². The van der Waals surface area contributed by atoms with Crippen LogP contribution in [0.15, 0.2) is 24.3 Å². The number of ether oxygens (including phenoxy) is 1. The maximum Gasteiger partial charge on any atom is 0.329 e. The average Bonchev–Trinajstić information content (AvgIpc) is 2.65. The minimum atomic E-state index is -0.995. The summed E-state index contributed by atoms with van der Waals surface area (Å²) in [5.74, 6) is -1.60. The van der Waals surface area contributed by atoms with Crippen molar-refractivity contribution in [1.29, 1.82) is 0 Å². The van der Waals surface area contributed by atoms with E-state index in [0.717, 1.165) is 4.90 Å². The van der Waals surface area contributed by atoms with Gasteiger partial charge in [-0.2, -0.15) is 12.6 Å². The normalized spacial score (nSPS) is 15.6. The van der Waals surface area contributed by atoms with Gasteiger partial charge in [0.15, 0.2) is 0 Å². The van der Waals surface area contributed by atoms with E-state index < -0.39 is 23.8 Å². The molecule has 1 aromatic rings. The number of benzene rings is 1. The maximum absolute atomic E-state index is 12.1. The maximum atomic E-state index is 12.1. The number of carbonyl (C=O) groups excluding carboxylic acids is 3. The summed E-state index contributed by atoms with van der Waals surface area (Å²) in [6.45, 7) is 0. The minimum absolute atomic E-state index is 0.0259. The van der Waals surface area contributed by atoms with Gasteiger partial charge in [0.1, 0.15) is 6.04 Å². The third-order valence-corrected chi connectivity index (χ3v) is 3.13. The number of fused-ring (bicyclic) bond motifs is 1. The number of nitrogens with zero attached hydrogens (tertiary/aromatic N) is 1. The molecule has 0 radical (unpaired) electrons. The molecule has 0 N–H and O–H groups in total. The number of amides is 2. The third kappa shape index (κ3) is 1.78. The van der Waals surface area contributed by atoms with Crippen molar-refractivity contribution in [1.82, 2.24) is 4.90 Å². The SMILES string of the molecule is COC(=O)[C@H](CS)N1C(=O)c2ccccc2C1=O. The molecular weight excluding hydrogens is 254 g/mol. The van der Waals surface area contributed by atoms with Crippen LogP contribution in [0.3, 0.4) is 0 Å². The van der Waals surface area contributed by atoms with Gasteiger partial charge in [0.05, 0.1) is 18.2 Å². The summed E-state index contributed by atoms with van der Waals surface area (Å²) in [6.07, 6.45) is 0. The number of esters is 1. The first-order valence-corrected chi connectivity index (χ1v) is 5.90. The van der Waals surface area contributed by atoms with Crippen LogP contribution < -0.4 is 0 Å². The Morgan fingerprint density at radius 3 is 2.17 bits per heavy atom. The molecule has 1 aliphatic heterocycles. The highest BCUT2D eigenvalue weighted by atomic mass is 32.1. The van der Waals surface area contributed by atoms with Crippen molar-refractivity contribution < 1.29 is 19.1 Å². The Morgan fingerprint density at radius 2 is 1.78 bits per heavy atom. The molecule has 6 heteroatoms. The molecular formula is C12H11NO4S. The van der Waals surface area contributed by atoms with E-state index in [1.165, 1.54) is 7.11 Å². The van der Waals surface area contributed by atoms with Crippen molar-refractivity contribution in [2.45, 2.75) is 6.04 Å². The van der Waals surface area contributed by atoms with E-state index in [2.05, 4.69) is 17.4 Å². The van der Waals surface area contributed by atoms with Gasteiger partial charge in [-0.15, -0.1) is 0 Å². The Labute approximate surface area is 109 Å². The molecule has 1 heterocycles. The Balaban J connectivity index is 2.41. The fraction of sp³-hybridized carbons (Fsp3) is 0.250. The third-order valence-electron chi connectivity index (χ3n) is 2.78. The van der Waals surface area contributed by atoms with Gasteiger partial charge < -0.3 is 4.74 Å². The summed E-state index contributed by atoms with van der Waals surface area (Å²) in [4.78, 5) is 36.6. The van der Waals surface area contributed by atoms with E-state index >= 15 is 0 Å². The summed E-state index contributed by atoms with van der Waals surface area (Å²) >= 11 is 4.00. The van der Waals surface area contributed by atoms with E-state index in [1.807, 2.05) is 0 Å². The zero-order valence-electron chi connectivity index (χ0n) is 9.62. The van der Waals surface area contributed by atoms with E-state index in [0.29, 0.717) is 11.1 Å². The van der Waals surface area contributed by atoms with Crippen molar-refractivity contribution >= 4 is 30.4 Å². The monoisotopic (exact) mass is 265 g/mol. The number of rotatable bonds is 3. The minimum Gasteiger partial charge on any atom is -0.467 e. The largest absolute Gasteiger partial charge is 0.467 e. The molecule has 0 fully saturated rings. The smallest absolute Gasteiger partial charge is 0.329 e. The topological polar surface area (TPSA) is 63.7 Å². The molecule has 0 aliphatic carbocycles. The molecule has 18 heavy (non-hydrogen) atoms. The number of hydrogen-bond donors (Lipinski definition) is 1. The molecule has 0 bridgehead atoms. The van der Waals surface area contributed by atoms with Crippen molar-refractivity contribution in [3.63, 3.8) is 0 Å². The van der Waals surface area contributed by atoms with E-state index in [1.54, 1.807) is 24.3 Å². The Morgan fingerprint density at radius 1 is 1.28 bits per heavy atom. The van der Waals surface area contributed by atoms with Gasteiger partial charge in [-0.05, 0) is 12.1 Å². The van der Waals surface area contributed by atoms with E-state index in [-0.39, 0.29) is 5.75 Å². The van der Waals surface area contributed by atoms with Gasteiger partial charge in [0.2, 0.25) is 0 Å². The van der Waals surface area contributed by atoms with Crippen molar-refractivity contribution in [3.05, 3.63) is 35.4 Å². The van der Waals surface area contributed by atoms with Crippen molar-refractivity contribution in [2.75, 3.05) is 12.9 Å². The lowest BCUT2D eigenvalue weighted by Gasteiger charge is -2.21. The predicted molar refractivity (Wildman–Crippen MR) is 66.6 cm³/mol. The number of methoxy groups -OCH3 is 1. The van der Waals surface area contributed by atoms with Crippen LogP contribution in [-0.4, -0.2) is 41.6 Å². The van der Waals surface area contributed by atoms with Gasteiger partial charge in [-0.25, -0.2) is 4.79 Å². The van der Waals surface area contributed by atoms with Crippen molar-refractivity contribution in [3.8, 4) is 0 Å². The Kier molecular flexibility index (Phi) is 3.38. The molecule has 1 aromatic carbocycles. The summed E-state index contributed by atoms with van der Waals surface area (Å²) < 4.78 is 4.58. The number of imide groups is 1. The molecule has 5 nitrogen and oxygen atoms in total. The first-order valence-electron chi connectivity index (χ1n) is 5.27. The van der Waals surface area contributed by atoms with Crippen LogP contribution in [0.25, 0.3) is 0 Å². The van der Waals surface area contributed by atoms with Crippen LogP contribution in [-0.2, 0) is 9.53 Å². The van der Waals surface area contributed by atoms with Gasteiger partial charge in [0, 0.05) is 5.75 Å². The van der Waals surface area contributed by atoms with E-state index in [4.69, 9.17) is 0 Å². The fourth-order valence-electron chi connectivity index (χ4n) is 1.89. The van der Waals surface area contributed by atoms with Crippen LogP contribution >= 0.6 is 12.6 Å². The fourth-order valence-corrected chi connectivity index (χ4v) is 2.20. The second-order valence-corrected chi connectivity index (χ2v) is 4.11. The van der Waals surface area contributed by atoms with Crippen LogP contribution in [0.4, 0.5) is 0 Å². The van der Waals surface area contributed by atoms with Crippen LogP contribution in [0.2, 0.25) is 0 Å². The molecule has 2 amide bonds. The first-order chi connectivity index (χ1) is 8.61. The predicted octanol–water partition coefficient (Wildman–Crippen LogP) is 0.754. The Hall–Kier alpha value is -1.82. The Bertz CT molecular complexity index is 494.